The van der Waals surface area contributed by atoms with E-state index in [2.05, 4.69) is 16.0 Å². The number of nitrogens with one attached hydrogen (secondary N) is 3. The quantitative estimate of drug-likeness (QED) is 0.649. The lowest BCUT2D eigenvalue weighted by molar-refractivity contribution is -0.119. The summed E-state index contributed by atoms with van der Waals surface area (Å²) >= 11 is 11.3. The third-order valence-corrected chi connectivity index (χ3v) is 3.97. The number of benzene rings is 2. The minimum absolute atomic E-state index is 0.0699. The van der Waals surface area contributed by atoms with Crippen LogP contribution in [0.3, 0.4) is 0 Å². The molecule has 0 saturated carbocycles. The van der Waals surface area contributed by atoms with E-state index in [1.165, 1.54) is 0 Å². The van der Waals surface area contributed by atoms with Crippen LogP contribution in [0.2, 0.25) is 5.02 Å². The van der Waals surface area contributed by atoms with Crippen molar-refractivity contribution in [2.24, 2.45) is 0 Å². The molecule has 2 aromatic carbocycles. The maximum absolute atomic E-state index is 12.1. The smallest absolute Gasteiger partial charge is 0.230 e. The van der Waals surface area contributed by atoms with Crippen molar-refractivity contribution >= 4 is 52.1 Å². The molecule has 0 aromatic heterocycles. The van der Waals surface area contributed by atoms with E-state index >= 15 is 0 Å². The first-order chi connectivity index (χ1) is 12.5. The highest BCUT2D eigenvalue weighted by atomic mass is 35.5. The Kier molecular flexibility index (Phi) is 7.56. The standard InChI is InChI=1S/C19H20ClN3O2S/c1-2-6-17(24)21-14-9-10-15(20)16(12-14)22-19(26)23-18(25)11-13-7-4-3-5-8-13/h3-5,7-10,12H,2,6,11H2,1H3,(H,21,24)(H2,22,23,25,26). The van der Waals surface area contributed by atoms with Gasteiger partial charge in [-0.3, -0.25) is 9.59 Å². The number of halogens is 1. The van der Waals surface area contributed by atoms with Gasteiger partial charge >= 0.3 is 0 Å². The molecule has 0 spiro atoms. The molecule has 0 atom stereocenters. The molecule has 2 rings (SSSR count). The van der Waals surface area contributed by atoms with E-state index in [0.29, 0.717) is 22.8 Å². The van der Waals surface area contributed by atoms with E-state index in [4.69, 9.17) is 23.8 Å². The van der Waals surface area contributed by atoms with Gasteiger partial charge in [0.1, 0.15) is 0 Å². The van der Waals surface area contributed by atoms with E-state index in [-0.39, 0.29) is 23.3 Å². The van der Waals surface area contributed by atoms with Gasteiger partial charge in [-0.15, -0.1) is 0 Å². The largest absolute Gasteiger partial charge is 0.331 e. The lowest BCUT2D eigenvalue weighted by Gasteiger charge is -2.13. The molecule has 0 fully saturated rings. The van der Waals surface area contributed by atoms with E-state index < -0.39 is 0 Å². The monoisotopic (exact) mass is 389 g/mol. The molecule has 2 amide bonds. The molecule has 0 aliphatic heterocycles. The van der Waals surface area contributed by atoms with Crippen LogP contribution in [-0.2, 0) is 16.0 Å². The third kappa shape index (κ3) is 6.46. The van der Waals surface area contributed by atoms with Crippen LogP contribution in [0.4, 0.5) is 11.4 Å². The van der Waals surface area contributed by atoms with Crippen LogP contribution in [0.1, 0.15) is 25.3 Å². The van der Waals surface area contributed by atoms with Crippen LogP contribution in [0.25, 0.3) is 0 Å². The fourth-order valence-electron chi connectivity index (χ4n) is 2.26. The van der Waals surface area contributed by atoms with Gasteiger partial charge in [-0.05, 0) is 42.4 Å². The van der Waals surface area contributed by atoms with Gasteiger partial charge in [-0.2, -0.15) is 0 Å². The molecule has 0 bridgehead atoms. The first kappa shape index (κ1) is 19.9. The fraction of sp³-hybridized carbons (Fsp3) is 0.211. The minimum atomic E-state index is -0.225. The number of carbonyl (C=O) groups is 2. The van der Waals surface area contributed by atoms with E-state index in [9.17, 15) is 9.59 Å². The summed E-state index contributed by atoms with van der Waals surface area (Å²) in [4.78, 5) is 23.8. The lowest BCUT2D eigenvalue weighted by Crippen LogP contribution is -2.35. The maximum atomic E-state index is 12.1. The Morgan fingerprint density at radius 1 is 1.04 bits per heavy atom. The molecule has 0 radical (unpaired) electrons. The van der Waals surface area contributed by atoms with Gasteiger partial charge < -0.3 is 16.0 Å². The normalized spacial score (nSPS) is 10.1. The van der Waals surface area contributed by atoms with Crippen molar-refractivity contribution in [1.82, 2.24) is 5.32 Å². The molecular formula is C19H20ClN3O2S. The van der Waals surface area contributed by atoms with E-state index in [0.717, 1.165) is 12.0 Å². The summed E-state index contributed by atoms with van der Waals surface area (Å²) in [6.07, 6.45) is 1.44. The molecule has 0 saturated heterocycles. The number of hydrogen-bond acceptors (Lipinski definition) is 3. The lowest BCUT2D eigenvalue weighted by atomic mass is 10.1. The van der Waals surface area contributed by atoms with Crippen molar-refractivity contribution in [2.45, 2.75) is 26.2 Å². The van der Waals surface area contributed by atoms with Crippen LogP contribution in [-0.4, -0.2) is 16.9 Å². The van der Waals surface area contributed by atoms with Crippen molar-refractivity contribution in [3.63, 3.8) is 0 Å². The van der Waals surface area contributed by atoms with Crippen LogP contribution in [0.5, 0.6) is 0 Å². The Balaban J connectivity index is 1.95. The zero-order valence-electron chi connectivity index (χ0n) is 14.3. The molecule has 26 heavy (non-hydrogen) atoms. The predicted octanol–water partition coefficient (Wildman–Crippen LogP) is 4.13. The van der Waals surface area contributed by atoms with E-state index in [1.54, 1.807) is 18.2 Å². The number of carbonyl (C=O) groups excluding carboxylic acids is 2. The molecule has 0 heterocycles. The van der Waals surface area contributed by atoms with Crippen LogP contribution >= 0.6 is 23.8 Å². The highest BCUT2D eigenvalue weighted by Gasteiger charge is 2.09. The fourth-order valence-corrected chi connectivity index (χ4v) is 2.64. The molecule has 0 aliphatic rings. The number of hydrogen-bond donors (Lipinski definition) is 3. The topological polar surface area (TPSA) is 70.2 Å². The molecular weight excluding hydrogens is 370 g/mol. The Bertz CT molecular complexity index is 797. The van der Waals surface area contributed by atoms with Gasteiger partial charge in [0, 0.05) is 12.1 Å². The molecule has 5 nitrogen and oxygen atoms in total. The molecule has 0 unspecified atom stereocenters. The van der Waals surface area contributed by atoms with Gasteiger partial charge in [0.15, 0.2) is 5.11 Å². The van der Waals surface area contributed by atoms with Gasteiger partial charge in [0.2, 0.25) is 11.8 Å². The SMILES string of the molecule is CCCC(=O)Nc1ccc(Cl)c(NC(=S)NC(=O)Cc2ccccc2)c1. The minimum Gasteiger partial charge on any atom is -0.331 e. The third-order valence-electron chi connectivity index (χ3n) is 3.44. The Labute approximate surface area is 163 Å². The molecule has 2 aromatic rings. The van der Waals surface area contributed by atoms with Gasteiger partial charge in [0.05, 0.1) is 17.1 Å². The number of amides is 2. The molecule has 3 N–H and O–H groups in total. The van der Waals surface area contributed by atoms with Crippen LogP contribution in [0.15, 0.2) is 48.5 Å². The Morgan fingerprint density at radius 3 is 2.46 bits per heavy atom. The first-order valence-corrected chi connectivity index (χ1v) is 9.00. The van der Waals surface area contributed by atoms with Crippen molar-refractivity contribution < 1.29 is 9.59 Å². The Hall–Kier alpha value is -2.44. The van der Waals surface area contributed by atoms with Crippen molar-refractivity contribution in [2.75, 3.05) is 10.6 Å². The number of anilines is 2. The summed E-state index contributed by atoms with van der Waals surface area (Å²) < 4.78 is 0. The van der Waals surface area contributed by atoms with Gasteiger partial charge in [-0.1, -0.05) is 48.9 Å². The summed E-state index contributed by atoms with van der Waals surface area (Å²) in [6.45, 7) is 1.94. The maximum Gasteiger partial charge on any atom is 0.230 e. The number of thiocarbonyl (C=S) groups is 1. The van der Waals surface area contributed by atoms with E-state index in [1.807, 2.05) is 37.3 Å². The molecule has 7 heteroatoms. The predicted molar refractivity (Wildman–Crippen MR) is 109 cm³/mol. The van der Waals surface area contributed by atoms with Crippen molar-refractivity contribution in [3.05, 3.63) is 59.1 Å². The summed E-state index contributed by atoms with van der Waals surface area (Å²) in [5.41, 5.74) is 2.01. The van der Waals surface area contributed by atoms with Gasteiger partial charge in [0.25, 0.3) is 0 Å². The Morgan fingerprint density at radius 2 is 1.77 bits per heavy atom. The first-order valence-electron chi connectivity index (χ1n) is 8.22. The van der Waals surface area contributed by atoms with Crippen LogP contribution in [0, 0.1) is 0 Å². The van der Waals surface area contributed by atoms with Crippen molar-refractivity contribution in [1.29, 1.82) is 0 Å². The molecule has 136 valence electrons. The molecule has 0 aliphatic carbocycles. The van der Waals surface area contributed by atoms with Crippen molar-refractivity contribution in [3.8, 4) is 0 Å². The van der Waals surface area contributed by atoms with Gasteiger partial charge in [-0.25, -0.2) is 0 Å². The zero-order valence-corrected chi connectivity index (χ0v) is 15.9. The highest BCUT2D eigenvalue weighted by Crippen LogP contribution is 2.25. The second kappa shape index (κ2) is 9.89. The summed E-state index contributed by atoms with van der Waals surface area (Å²) in [5.74, 6) is -0.295. The second-order valence-corrected chi connectivity index (χ2v) is 6.47. The average Bonchev–Trinajstić information content (AvgIpc) is 2.58. The van der Waals surface area contributed by atoms with Crippen LogP contribution < -0.4 is 16.0 Å². The zero-order chi connectivity index (χ0) is 18.9. The summed E-state index contributed by atoms with van der Waals surface area (Å²) in [7, 11) is 0. The number of rotatable bonds is 6. The second-order valence-electron chi connectivity index (χ2n) is 5.66. The summed E-state index contributed by atoms with van der Waals surface area (Å²) in [5, 5.41) is 8.87. The highest BCUT2D eigenvalue weighted by molar-refractivity contribution is 7.80. The average molecular weight is 390 g/mol. The summed E-state index contributed by atoms with van der Waals surface area (Å²) in [6, 6.07) is 14.4.